The number of hydrogen-bond donors (Lipinski definition) is 4. The standard InChI is InChI=1S/C42H58N4O14/c1-46(2)32-5-8-35-37(29-32)60-41-39(45-35)34(30-36(48)40(41)50)42(51)44-12-14-53-16-18-55-20-22-57-24-26-59-28-27-58-25-23-56-21-19-54-17-15-52-13-10-38(49)43-11-9-31-3-6-33(47)7-4-31/h3-8,29-30,45,47H,9-28H2,1-2H3,(H,43,49)(H,44,51). The number of amides is 2. The van der Waals surface area contributed by atoms with E-state index in [2.05, 4.69) is 15.6 Å². The van der Waals surface area contributed by atoms with Gasteiger partial charge < -0.3 is 67.9 Å². The van der Waals surface area contributed by atoms with Crippen LogP contribution in [0, 0.1) is 10.8 Å². The number of nitrogens with one attached hydrogen (secondary N) is 3. The summed E-state index contributed by atoms with van der Waals surface area (Å²) in [5, 5.41) is 15.0. The van der Waals surface area contributed by atoms with Gasteiger partial charge >= 0.3 is 0 Å². The number of H-pyrrole nitrogens is 1. The van der Waals surface area contributed by atoms with Gasteiger partial charge in [-0.3, -0.25) is 19.2 Å². The zero-order valence-electron chi connectivity index (χ0n) is 34.5. The van der Waals surface area contributed by atoms with Gasteiger partial charge in [-0.1, -0.05) is 12.1 Å². The third kappa shape index (κ3) is 17.7. The number of anilines is 1. The van der Waals surface area contributed by atoms with Crippen LogP contribution in [0.5, 0.6) is 5.75 Å². The van der Waals surface area contributed by atoms with E-state index >= 15 is 0 Å². The molecule has 4 N–H and O–H groups in total. The number of rotatable bonds is 32. The number of phenolic OH excluding ortho intramolecular Hbond substituents is 1. The van der Waals surface area contributed by atoms with E-state index < -0.39 is 16.8 Å². The lowest BCUT2D eigenvalue weighted by atomic mass is 10.1. The average molecular weight is 843 g/mol. The Bertz CT molecular complexity index is 2040. The van der Waals surface area contributed by atoms with Crippen molar-refractivity contribution in [1.29, 1.82) is 0 Å². The van der Waals surface area contributed by atoms with E-state index in [1.807, 2.05) is 37.2 Å². The molecule has 60 heavy (non-hydrogen) atoms. The molecule has 1 heterocycles. The van der Waals surface area contributed by atoms with Crippen LogP contribution in [-0.4, -0.2) is 155 Å². The topological polar surface area (TPSA) is 219 Å². The molecule has 0 unspecified atom stereocenters. The van der Waals surface area contributed by atoms with Crippen LogP contribution in [0.3, 0.4) is 0 Å². The first-order valence-corrected chi connectivity index (χ1v) is 20.0. The largest absolute Gasteiger partial charge is 0.508 e. The Kier molecular flexibility index (Phi) is 22.1. The average Bonchev–Trinajstić information content (AvgIpc) is 3.24. The summed E-state index contributed by atoms with van der Waals surface area (Å²) in [6.45, 7) is 7.01. The first-order valence-electron chi connectivity index (χ1n) is 20.0. The van der Waals surface area contributed by atoms with E-state index in [4.69, 9.17) is 42.3 Å². The highest BCUT2D eigenvalue weighted by Crippen LogP contribution is 2.20. The molecule has 0 aromatic heterocycles. The summed E-state index contributed by atoms with van der Waals surface area (Å²) in [5.41, 5.74) is 0.983. The zero-order valence-corrected chi connectivity index (χ0v) is 34.5. The van der Waals surface area contributed by atoms with Crippen LogP contribution >= 0.6 is 0 Å². The van der Waals surface area contributed by atoms with Crippen molar-refractivity contribution < 1.29 is 57.0 Å². The van der Waals surface area contributed by atoms with Crippen LogP contribution in [0.15, 0.2) is 62.5 Å². The second kappa shape index (κ2) is 27.8. The number of aromatic nitrogens is 1. The maximum atomic E-state index is 12.9. The van der Waals surface area contributed by atoms with E-state index in [0.29, 0.717) is 123 Å². The fraction of sp³-hybridized carbons (Fsp3) is 0.524. The molecule has 2 amide bonds. The molecule has 4 rings (SSSR count). The maximum Gasteiger partial charge on any atom is 0.270 e. The minimum absolute atomic E-state index is 0.0106. The lowest BCUT2D eigenvalue weighted by Gasteiger charge is -2.13. The quantitative estimate of drug-likeness (QED) is 0.0406. The van der Waals surface area contributed by atoms with Crippen LogP contribution in [-0.2, 0) is 49.1 Å². The molecule has 0 atom stereocenters. The Morgan fingerprint density at radius 1 is 0.650 bits per heavy atom. The van der Waals surface area contributed by atoms with Crippen molar-refractivity contribution in [3.8, 4) is 5.75 Å². The first-order chi connectivity index (χ1) is 29.2. The summed E-state index contributed by atoms with van der Waals surface area (Å²) < 4.78 is 49.7. The molecule has 0 radical (unpaired) electrons. The summed E-state index contributed by atoms with van der Waals surface area (Å²) in [5.74, 6) is -0.388. The van der Waals surface area contributed by atoms with Crippen LogP contribution in [0.25, 0.3) is 11.1 Å². The number of benzene rings is 2. The molecule has 18 nitrogen and oxygen atoms in total. The van der Waals surface area contributed by atoms with Gasteiger partial charge in [-0.15, -0.1) is 0 Å². The Hall–Kier alpha value is -4.92. The number of ether oxygens (including phenoxy) is 8. The predicted octanol–water partition coefficient (Wildman–Crippen LogP) is 1.59. The fourth-order valence-corrected chi connectivity index (χ4v) is 5.47. The number of nitrogens with zero attached hydrogens (tertiary/aromatic N) is 1. The van der Waals surface area contributed by atoms with Crippen LogP contribution in [0.1, 0.15) is 22.3 Å². The summed E-state index contributed by atoms with van der Waals surface area (Å²) >= 11 is 0. The van der Waals surface area contributed by atoms with Gasteiger partial charge in [-0.2, -0.15) is 0 Å². The second-order valence-corrected chi connectivity index (χ2v) is 13.4. The molecule has 2 aliphatic rings. The Morgan fingerprint density at radius 3 is 1.70 bits per heavy atom. The lowest BCUT2D eigenvalue weighted by molar-refractivity contribution is -0.122. The van der Waals surface area contributed by atoms with Crippen LogP contribution in [0.4, 0.5) is 5.69 Å². The molecule has 18 heteroatoms. The highest BCUT2D eigenvalue weighted by Gasteiger charge is 2.16. The van der Waals surface area contributed by atoms with Crippen LogP contribution in [0.2, 0.25) is 0 Å². The molecular formula is C42H58N4O14. The maximum absolute atomic E-state index is 12.9. The van der Waals surface area contributed by atoms with Crippen molar-refractivity contribution in [2.45, 2.75) is 12.8 Å². The van der Waals surface area contributed by atoms with Gasteiger partial charge in [0, 0.05) is 51.4 Å². The Labute approximate surface area is 348 Å². The minimum atomic E-state index is -0.835. The molecular weight excluding hydrogens is 784 g/mol. The predicted molar refractivity (Wildman–Crippen MR) is 221 cm³/mol. The number of phenols is 1. The molecule has 0 saturated carbocycles. The van der Waals surface area contributed by atoms with Crippen molar-refractivity contribution in [3.05, 3.63) is 90.9 Å². The Morgan fingerprint density at radius 2 is 1.17 bits per heavy atom. The third-order valence-electron chi connectivity index (χ3n) is 8.68. The number of aromatic hydroxyl groups is 1. The van der Waals surface area contributed by atoms with Crippen molar-refractivity contribution >= 4 is 28.6 Å². The van der Waals surface area contributed by atoms with Gasteiger partial charge in [-0.05, 0) is 36.2 Å². The minimum Gasteiger partial charge on any atom is -0.508 e. The molecule has 330 valence electrons. The number of fused-ring (bicyclic) bond motifs is 1. The second-order valence-electron chi connectivity index (χ2n) is 13.4. The van der Waals surface area contributed by atoms with Gasteiger partial charge in [-0.25, -0.2) is 0 Å². The molecule has 0 fully saturated rings. The molecule has 0 bridgehead atoms. The van der Waals surface area contributed by atoms with Crippen molar-refractivity contribution in [1.82, 2.24) is 15.6 Å². The van der Waals surface area contributed by atoms with Gasteiger partial charge in [0.25, 0.3) is 11.3 Å². The number of hydrogen-bond acceptors (Lipinski definition) is 15. The highest BCUT2D eigenvalue weighted by molar-refractivity contribution is 5.94. The van der Waals surface area contributed by atoms with E-state index in [1.54, 1.807) is 24.3 Å². The molecule has 2 aromatic rings. The SMILES string of the molecule is CN(C)c1ccc2[nH]c3c(C(=O)NCCOCCOCCOCCOCCOCCOCCOCCOCCC(=O)NCCc4ccc(O)cc4)cc(=O)c(=O)c=3oc2c1. The van der Waals surface area contributed by atoms with E-state index in [0.717, 1.165) is 17.3 Å². The summed E-state index contributed by atoms with van der Waals surface area (Å²) in [6, 6.07) is 13.3. The van der Waals surface area contributed by atoms with Gasteiger partial charge in [0.2, 0.25) is 16.8 Å². The zero-order chi connectivity index (χ0) is 42.8. The summed E-state index contributed by atoms with van der Waals surface area (Å²) in [7, 11) is 3.74. The number of carbonyl (C=O) groups is 2. The smallest absolute Gasteiger partial charge is 0.270 e. The Balaban J connectivity index is 0.871. The van der Waals surface area contributed by atoms with E-state index in [-0.39, 0.29) is 47.6 Å². The van der Waals surface area contributed by atoms with Gasteiger partial charge in [0.05, 0.1) is 122 Å². The van der Waals surface area contributed by atoms with Crippen LogP contribution < -0.4 is 26.4 Å². The molecule has 0 saturated heterocycles. The third-order valence-corrected chi connectivity index (χ3v) is 8.68. The number of aromatic amines is 1. The van der Waals surface area contributed by atoms with Crippen molar-refractivity contribution in [2.75, 3.05) is 138 Å². The molecule has 0 spiro atoms. The first kappa shape index (κ1) is 47.8. The van der Waals surface area contributed by atoms with E-state index in [9.17, 15) is 24.3 Å². The molecule has 1 aliphatic carbocycles. The fourth-order valence-electron chi connectivity index (χ4n) is 5.47. The van der Waals surface area contributed by atoms with E-state index in [1.165, 1.54) is 0 Å². The summed E-state index contributed by atoms with van der Waals surface area (Å²) in [6.07, 6.45) is 0.978. The monoisotopic (exact) mass is 842 g/mol. The molecule has 2 aromatic carbocycles. The number of carbonyl (C=O) groups excluding carboxylic acids is 2. The van der Waals surface area contributed by atoms with Gasteiger partial charge in [0.15, 0.2) is 5.58 Å². The highest BCUT2D eigenvalue weighted by atomic mass is 16.6. The lowest BCUT2D eigenvalue weighted by Crippen LogP contribution is -2.32. The normalized spacial score (nSPS) is 11.4. The van der Waals surface area contributed by atoms with Crippen molar-refractivity contribution in [2.24, 2.45) is 0 Å². The van der Waals surface area contributed by atoms with Gasteiger partial charge in [0.1, 0.15) is 5.75 Å². The van der Waals surface area contributed by atoms with Crippen molar-refractivity contribution in [3.63, 3.8) is 0 Å². The molecule has 1 aliphatic heterocycles. The summed E-state index contributed by atoms with van der Waals surface area (Å²) in [4.78, 5) is 54.7.